The summed E-state index contributed by atoms with van der Waals surface area (Å²) in [6, 6.07) is 10.3. The summed E-state index contributed by atoms with van der Waals surface area (Å²) in [5.41, 5.74) is -1.33. The molecular weight excluding hydrogens is 423 g/mol. The van der Waals surface area contributed by atoms with Crippen LogP contribution in [-0.2, 0) is 22.2 Å². The molecule has 3 aliphatic heterocycles. The van der Waals surface area contributed by atoms with Crippen molar-refractivity contribution in [1.29, 1.82) is 0 Å². The minimum atomic E-state index is -4.55. The molecule has 2 unspecified atom stereocenters. The van der Waals surface area contributed by atoms with Crippen molar-refractivity contribution in [3.8, 4) is 0 Å². The molecule has 2 atom stereocenters. The lowest BCUT2D eigenvalue weighted by molar-refractivity contribution is -0.145. The molecule has 2 aromatic carbocycles. The monoisotopic (exact) mass is 443 g/mol. The molecule has 1 N–H and O–H groups in total. The van der Waals surface area contributed by atoms with Gasteiger partial charge in [0.2, 0.25) is 5.91 Å². The molecule has 4 amide bonds. The second-order valence-electron chi connectivity index (χ2n) is 8.43. The number of hydrogen-bond donors (Lipinski definition) is 1. The molecule has 0 saturated carbocycles. The van der Waals surface area contributed by atoms with E-state index in [9.17, 15) is 27.6 Å². The maximum atomic E-state index is 13.9. The highest BCUT2D eigenvalue weighted by Crippen LogP contribution is 2.49. The van der Waals surface area contributed by atoms with Crippen molar-refractivity contribution in [2.75, 3.05) is 16.3 Å². The number of alkyl halides is 3. The standard InChI is InChI=1S/C23H20F3N3O3/c24-23(25,26)15-9-10-17-14(12-15)13-22(18-8-4-5-11-28(17)18)19(30)27-21(32)29(20(22)31)16-6-2-1-3-7-16/h1-3,6-7,9-10,12,18H,4-5,8,11,13H2,(H,27,30,32). The van der Waals surface area contributed by atoms with Crippen LogP contribution < -0.4 is 15.1 Å². The maximum absolute atomic E-state index is 13.9. The van der Waals surface area contributed by atoms with Gasteiger partial charge in [-0.2, -0.15) is 13.2 Å². The van der Waals surface area contributed by atoms with Gasteiger partial charge in [-0.3, -0.25) is 14.9 Å². The average molecular weight is 443 g/mol. The minimum Gasteiger partial charge on any atom is -0.367 e. The first-order valence-electron chi connectivity index (χ1n) is 10.5. The summed E-state index contributed by atoms with van der Waals surface area (Å²) in [6.07, 6.45) is -2.65. The highest BCUT2D eigenvalue weighted by Gasteiger charge is 2.62. The Hall–Kier alpha value is -3.36. The first-order valence-corrected chi connectivity index (χ1v) is 10.5. The van der Waals surface area contributed by atoms with E-state index in [4.69, 9.17) is 0 Å². The van der Waals surface area contributed by atoms with E-state index in [0.717, 1.165) is 29.9 Å². The van der Waals surface area contributed by atoms with Gasteiger partial charge in [0.1, 0.15) is 0 Å². The van der Waals surface area contributed by atoms with Crippen LogP contribution in [0.3, 0.4) is 0 Å². The van der Waals surface area contributed by atoms with Crippen molar-refractivity contribution in [2.24, 2.45) is 5.41 Å². The van der Waals surface area contributed by atoms with E-state index >= 15 is 0 Å². The van der Waals surface area contributed by atoms with Crippen LogP contribution in [-0.4, -0.2) is 30.4 Å². The second kappa shape index (κ2) is 7.08. The van der Waals surface area contributed by atoms with Gasteiger partial charge in [0, 0.05) is 12.2 Å². The molecular formula is C23H20F3N3O3. The number of amides is 4. The molecule has 32 heavy (non-hydrogen) atoms. The number of hydrogen-bond acceptors (Lipinski definition) is 4. The number of imide groups is 2. The zero-order valence-electron chi connectivity index (χ0n) is 17.0. The van der Waals surface area contributed by atoms with Crippen LogP contribution in [0.5, 0.6) is 0 Å². The number of anilines is 2. The van der Waals surface area contributed by atoms with Gasteiger partial charge in [0.25, 0.3) is 5.91 Å². The third-order valence-electron chi connectivity index (χ3n) is 6.69. The molecule has 2 aromatic rings. The van der Waals surface area contributed by atoms with Crippen LogP contribution in [0.4, 0.5) is 29.3 Å². The Morgan fingerprint density at radius 2 is 1.75 bits per heavy atom. The molecule has 1 spiro atoms. The molecule has 3 aliphatic rings. The summed E-state index contributed by atoms with van der Waals surface area (Å²) in [7, 11) is 0. The molecule has 0 bridgehead atoms. The zero-order valence-corrected chi connectivity index (χ0v) is 17.0. The molecule has 2 saturated heterocycles. The Balaban J connectivity index is 1.67. The van der Waals surface area contributed by atoms with E-state index in [2.05, 4.69) is 5.32 Å². The fourth-order valence-electron chi connectivity index (χ4n) is 5.25. The number of nitrogens with one attached hydrogen (secondary N) is 1. The highest BCUT2D eigenvalue weighted by molar-refractivity contribution is 6.30. The first kappa shape index (κ1) is 20.5. The van der Waals surface area contributed by atoms with Crippen LogP contribution in [0.2, 0.25) is 0 Å². The van der Waals surface area contributed by atoms with E-state index in [-0.39, 0.29) is 12.0 Å². The SMILES string of the molecule is O=C1NC(=O)C2(Cc3cc(C(F)(F)F)ccc3N3CCCCC32)C(=O)N1c1ccccc1. The number of para-hydroxylation sites is 1. The molecule has 0 aromatic heterocycles. The molecule has 6 nitrogen and oxygen atoms in total. The van der Waals surface area contributed by atoms with Gasteiger partial charge >= 0.3 is 12.2 Å². The van der Waals surface area contributed by atoms with Gasteiger partial charge in [0.15, 0.2) is 5.41 Å². The number of carbonyl (C=O) groups is 3. The highest BCUT2D eigenvalue weighted by atomic mass is 19.4. The molecule has 2 fully saturated rings. The number of barbiturate groups is 1. The van der Waals surface area contributed by atoms with Gasteiger partial charge in [-0.25, -0.2) is 9.69 Å². The normalized spacial score (nSPS) is 25.5. The molecule has 0 radical (unpaired) electrons. The van der Waals surface area contributed by atoms with E-state index in [1.54, 1.807) is 30.3 Å². The summed E-state index contributed by atoms with van der Waals surface area (Å²) < 4.78 is 40.2. The number of nitrogens with zero attached hydrogens (tertiary/aromatic N) is 2. The number of rotatable bonds is 1. The molecule has 0 aliphatic carbocycles. The number of urea groups is 1. The number of piperidine rings is 1. The summed E-state index contributed by atoms with van der Waals surface area (Å²) in [5.74, 6) is -1.45. The predicted octanol–water partition coefficient (Wildman–Crippen LogP) is 3.89. The quantitative estimate of drug-likeness (QED) is 0.679. The predicted molar refractivity (Wildman–Crippen MR) is 110 cm³/mol. The fraction of sp³-hybridized carbons (Fsp3) is 0.348. The number of carbonyl (C=O) groups excluding carboxylic acids is 3. The summed E-state index contributed by atoms with van der Waals surface area (Å²) in [5, 5.41) is 2.31. The van der Waals surface area contributed by atoms with Crippen molar-refractivity contribution in [3.63, 3.8) is 0 Å². The van der Waals surface area contributed by atoms with Crippen molar-refractivity contribution >= 4 is 29.2 Å². The lowest BCUT2D eigenvalue weighted by Gasteiger charge is -2.53. The smallest absolute Gasteiger partial charge is 0.367 e. The van der Waals surface area contributed by atoms with Gasteiger partial charge in [-0.15, -0.1) is 0 Å². The maximum Gasteiger partial charge on any atom is 0.416 e. The zero-order chi connectivity index (χ0) is 22.7. The number of halogens is 3. The Bertz CT molecular complexity index is 1120. The molecule has 5 rings (SSSR count). The van der Waals surface area contributed by atoms with Crippen molar-refractivity contribution in [3.05, 3.63) is 59.7 Å². The van der Waals surface area contributed by atoms with E-state index in [1.807, 2.05) is 4.90 Å². The first-order chi connectivity index (χ1) is 15.2. The van der Waals surface area contributed by atoms with Gasteiger partial charge in [-0.05, 0) is 61.6 Å². The Kier molecular flexibility index (Phi) is 4.54. The Labute approximate surface area is 182 Å². The van der Waals surface area contributed by atoms with E-state index < -0.39 is 41.0 Å². The van der Waals surface area contributed by atoms with Crippen LogP contribution in [0.15, 0.2) is 48.5 Å². The van der Waals surface area contributed by atoms with Gasteiger partial charge < -0.3 is 4.90 Å². The summed E-state index contributed by atoms with van der Waals surface area (Å²) in [6.45, 7) is 0.518. The summed E-state index contributed by atoms with van der Waals surface area (Å²) in [4.78, 5) is 42.6. The van der Waals surface area contributed by atoms with E-state index in [1.165, 1.54) is 6.07 Å². The van der Waals surface area contributed by atoms with Crippen LogP contribution in [0.1, 0.15) is 30.4 Å². The van der Waals surface area contributed by atoms with Crippen molar-refractivity contribution in [2.45, 2.75) is 37.9 Å². The largest absolute Gasteiger partial charge is 0.416 e. The van der Waals surface area contributed by atoms with Crippen LogP contribution in [0, 0.1) is 5.41 Å². The molecule has 3 heterocycles. The minimum absolute atomic E-state index is 0.200. The fourth-order valence-corrected chi connectivity index (χ4v) is 5.25. The lowest BCUT2D eigenvalue weighted by Crippen LogP contribution is -2.72. The lowest BCUT2D eigenvalue weighted by atomic mass is 9.66. The third kappa shape index (κ3) is 2.91. The van der Waals surface area contributed by atoms with Crippen molar-refractivity contribution in [1.82, 2.24) is 5.32 Å². The van der Waals surface area contributed by atoms with E-state index in [0.29, 0.717) is 24.3 Å². The van der Waals surface area contributed by atoms with Crippen LogP contribution >= 0.6 is 0 Å². The average Bonchev–Trinajstić information content (AvgIpc) is 2.77. The van der Waals surface area contributed by atoms with Gasteiger partial charge in [-0.1, -0.05) is 18.2 Å². The molecule has 9 heteroatoms. The van der Waals surface area contributed by atoms with Crippen LogP contribution in [0.25, 0.3) is 0 Å². The number of fused-ring (bicyclic) bond motifs is 4. The summed E-state index contributed by atoms with van der Waals surface area (Å²) >= 11 is 0. The van der Waals surface area contributed by atoms with Gasteiger partial charge in [0.05, 0.1) is 17.3 Å². The molecule has 166 valence electrons. The Morgan fingerprint density at radius 1 is 1.00 bits per heavy atom. The number of benzene rings is 2. The van der Waals surface area contributed by atoms with Crippen molar-refractivity contribution < 1.29 is 27.6 Å². The third-order valence-corrected chi connectivity index (χ3v) is 6.69. The second-order valence-corrected chi connectivity index (χ2v) is 8.43. The Morgan fingerprint density at radius 3 is 2.47 bits per heavy atom. The topological polar surface area (TPSA) is 69.7 Å².